The van der Waals surface area contributed by atoms with Gasteiger partial charge in [-0.25, -0.2) is 0 Å². The van der Waals surface area contributed by atoms with Gasteiger partial charge in [-0.15, -0.1) is 0 Å². The highest BCUT2D eigenvalue weighted by molar-refractivity contribution is 6.28. The van der Waals surface area contributed by atoms with Crippen LogP contribution in [-0.4, -0.2) is 4.98 Å². The Bertz CT molecular complexity index is 2680. The Hall–Kier alpha value is -6.77. The van der Waals surface area contributed by atoms with Crippen LogP contribution in [-0.2, 0) is 0 Å². The van der Waals surface area contributed by atoms with Gasteiger partial charge in [-0.05, 0) is 120 Å². The molecule has 1 heterocycles. The molecule has 1 aliphatic rings. The van der Waals surface area contributed by atoms with Gasteiger partial charge in [0.25, 0.3) is 0 Å². The monoisotopic (exact) mass is 662 g/mol. The van der Waals surface area contributed by atoms with Crippen LogP contribution in [0.15, 0.2) is 188 Å². The molecular weight excluding hydrogens is 629 g/mol. The lowest BCUT2D eigenvalue weighted by Gasteiger charge is -2.27. The third kappa shape index (κ3) is 4.69. The van der Waals surface area contributed by atoms with E-state index in [1.807, 2.05) is 12.4 Å². The quantitative estimate of drug-likeness (QED) is 0.176. The zero-order chi connectivity index (χ0) is 34.6. The zero-order valence-electron chi connectivity index (χ0n) is 28.8. The van der Waals surface area contributed by atoms with Gasteiger partial charge in [0.15, 0.2) is 0 Å². The lowest BCUT2D eigenvalue weighted by molar-refractivity contribution is 1.22. The van der Waals surface area contributed by atoms with Crippen molar-refractivity contribution in [1.82, 2.24) is 4.98 Å². The standard InChI is InChI=1S/C50H34N2/c1-33-13-8-11-22-45(33)52(38-29-31-51-32-30-38)37-25-23-34(24-26-37)39-27-28-44-48-40(39)20-12-21-43(48)49-46(35-14-4-2-5-15-35)41-18-9-10-19-42(41)47(50(44)49)36-16-6-3-7-17-36/h2-32H,1H3. The average molecular weight is 663 g/mol. The first-order valence-corrected chi connectivity index (χ1v) is 17.9. The Balaban J connectivity index is 1.19. The number of para-hydroxylation sites is 1. The summed E-state index contributed by atoms with van der Waals surface area (Å²) in [5.74, 6) is 0. The molecule has 0 atom stereocenters. The lowest BCUT2D eigenvalue weighted by atomic mass is 9.82. The summed E-state index contributed by atoms with van der Waals surface area (Å²) in [6, 6.07) is 64.1. The minimum absolute atomic E-state index is 1.08. The van der Waals surface area contributed by atoms with E-state index < -0.39 is 0 Å². The molecule has 8 aromatic carbocycles. The molecule has 0 fully saturated rings. The Morgan fingerprint density at radius 3 is 1.52 bits per heavy atom. The maximum Gasteiger partial charge on any atom is 0.0492 e. The molecule has 0 amide bonds. The number of pyridine rings is 1. The number of nitrogens with zero attached hydrogens (tertiary/aromatic N) is 2. The van der Waals surface area contributed by atoms with Crippen LogP contribution in [0.25, 0.3) is 77.2 Å². The fourth-order valence-electron chi connectivity index (χ4n) is 8.39. The highest BCUT2D eigenvalue weighted by Gasteiger charge is 2.31. The highest BCUT2D eigenvalue weighted by Crippen LogP contribution is 2.58. The molecule has 0 saturated heterocycles. The van der Waals surface area contributed by atoms with Crippen molar-refractivity contribution in [3.05, 3.63) is 194 Å². The molecule has 0 unspecified atom stereocenters. The van der Waals surface area contributed by atoms with Crippen molar-refractivity contribution in [1.29, 1.82) is 0 Å². The van der Waals surface area contributed by atoms with Gasteiger partial charge < -0.3 is 4.90 Å². The zero-order valence-corrected chi connectivity index (χ0v) is 28.8. The molecule has 1 aromatic heterocycles. The van der Waals surface area contributed by atoms with E-state index in [2.05, 4.69) is 193 Å². The van der Waals surface area contributed by atoms with Crippen LogP contribution in [0.3, 0.4) is 0 Å². The Morgan fingerprint density at radius 1 is 0.365 bits per heavy atom. The fraction of sp³-hybridized carbons (Fsp3) is 0.0200. The molecule has 0 aliphatic heterocycles. The van der Waals surface area contributed by atoms with Crippen LogP contribution in [0.1, 0.15) is 5.56 Å². The maximum absolute atomic E-state index is 4.29. The summed E-state index contributed by atoms with van der Waals surface area (Å²) >= 11 is 0. The van der Waals surface area contributed by atoms with E-state index in [9.17, 15) is 0 Å². The smallest absolute Gasteiger partial charge is 0.0492 e. The van der Waals surface area contributed by atoms with Gasteiger partial charge in [0.2, 0.25) is 0 Å². The first-order valence-electron chi connectivity index (χ1n) is 17.9. The molecule has 52 heavy (non-hydrogen) atoms. The predicted molar refractivity (Wildman–Crippen MR) is 219 cm³/mol. The van der Waals surface area contributed by atoms with E-state index >= 15 is 0 Å². The van der Waals surface area contributed by atoms with Crippen molar-refractivity contribution < 1.29 is 0 Å². The van der Waals surface area contributed by atoms with E-state index in [0.29, 0.717) is 0 Å². The second kappa shape index (κ2) is 12.2. The summed E-state index contributed by atoms with van der Waals surface area (Å²) in [6.07, 6.45) is 3.71. The van der Waals surface area contributed by atoms with E-state index in [4.69, 9.17) is 0 Å². The fourth-order valence-corrected chi connectivity index (χ4v) is 8.39. The molecule has 0 spiro atoms. The minimum Gasteiger partial charge on any atom is -0.310 e. The summed E-state index contributed by atoms with van der Waals surface area (Å²) < 4.78 is 0. The molecule has 1 aliphatic carbocycles. The molecule has 2 nitrogen and oxygen atoms in total. The van der Waals surface area contributed by atoms with Gasteiger partial charge in [-0.3, -0.25) is 4.98 Å². The van der Waals surface area contributed by atoms with Gasteiger partial charge in [0, 0.05) is 29.5 Å². The molecule has 0 saturated carbocycles. The number of fused-ring (bicyclic) bond motifs is 4. The second-order valence-electron chi connectivity index (χ2n) is 13.5. The summed E-state index contributed by atoms with van der Waals surface area (Å²) in [5, 5.41) is 5.15. The second-order valence-corrected chi connectivity index (χ2v) is 13.5. The van der Waals surface area contributed by atoms with Crippen LogP contribution in [0.5, 0.6) is 0 Å². The van der Waals surface area contributed by atoms with Crippen molar-refractivity contribution in [2.75, 3.05) is 4.90 Å². The average Bonchev–Trinajstić information content (AvgIpc) is 3.54. The topological polar surface area (TPSA) is 16.1 Å². The van der Waals surface area contributed by atoms with Crippen LogP contribution in [0, 0.1) is 6.92 Å². The number of aromatic nitrogens is 1. The van der Waals surface area contributed by atoms with Crippen molar-refractivity contribution in [3.63, 3.8) is 0 Å². The summed E-state index contributed by atoms with van der Waals surface area (Å²) in [4.78, 5) is 6.60. The van der Waals surface area contributed by atoms with Crippen molar-refractivity contribution in [2.24, 2.45) is 0 Å². The first kappa shape index (κ1) is 30.1. The van der Waals surface area contributed by atoms with Gasteiger partial charge >= 0.3 is 0 Å². The van der Waals surface area contributed by atoms with Crippen molar-refractivity contribution in [2.45, 2.75) is 6.92 Å². The van der Waals surface area contributed by atoms with E-state index in [-0.39, 0.29) is 0 Å². The Kier molecular flexibility index (Phi) is 7.07. The SMILES string of the molecule is Cc1ccccc1N(c1ccncc1)c1ccc(-c2ccc3c4c(cccc24)-c2c-3c(-c3ccccc3)c3ccccc3c2-c2ccccc2)cc1. The number of aryl methyl sites for hydroxylation is 1. The van der Waals surface area contributed by atoms with Gasteiger partial charge in [-0.2, -0.15) is 0 Å². The molecule has 0 radical (unpaired) electrons. The summed E-state index contributed by atoms with van der Waals surface area (Å²) in [7, 11) is 0. The summed E-state index contributed by atoms with van der Waals surface area (Å²) in [5.41, 5.74) is 17.3. The van der Waals surface area contributed by atoms with Gasteiger partial charge in [0.05, 0.1) is 0 Å². The van der Waals surface area contributed by atoms with Crippen molar-refractivity contribution >= 4 is 38.6 Å². The number of hydrogen-bond acceptors (Lipinski definition) is 2. The molecule has 244 valence electrons. The lowest BCUT2D eigenvalue weighted by Crippen LogP contribution is -2.11. The number of hydrogen-bond donors (Lipinski definition) is 0. The van der Waals surface area contributed by atoms with Crippen LogP contribution >= 0.6 is 0 Å². The summed E-state index contributed by atoms with van der Waals surface area (Å²) in [6.45, 7) is 2.16. The molecule has 9 aromatic rings. The van der Waals surface area contributed by atoms with E-state index in [1.54, 1.807) is 0 Å². The molecule has 0 bridgehead atoms. The predicted octanol–water partition coefficient (Wildman–Crippen LogP) is 13.8. The third-order valence-electron chi connectivity index (χ3n) is 10.6. The Labute approximate surface area is 303 Å². The van der Waals surface area contributed by atoms with Crippen LogP contribution in [0.4, 0.5) is 17.1 Å². The molecule has 2 heteroatoms. The normalized spacial score (nSPS) is 11.6. The largest absolute Gasteiger partial charge is 0.310 e. The minimum atomic E-state index is 1.08. The maximum atomic E-state index is 4.29. The van der Waals surface area contributed by atoms with Crippen LogP contribution < -0.4 is 4.90 Å². The number of rotatable bonds is 6. The molecule has 0 N–H and O–H groups in total. The molecular formula is C50H34N2. The van der Waals surface area contributed by atoms with E-state index in [1.165, 1.54) is 82.7 Å². The first-order chi connectivity index (χ1) is 25.8. The number of benzene rings is 8. The molecule has 10 rings (SSSR count). The van der Waals surface area contributed by atoms with E-state index in [0.717, 1.165) is 17.1 Å². The highest BCUT2D eigenvalue weighted by atomic mass is 15.1. The Morgan fingerprint density at radius 2 is 0.885 bits per heavy atom. The third-order valence-corrected chi connectivity index (χ3v) is 10.6. The number of anilines is 3. The van der Waals surface area contributed by atoms with Gasteiger partial charge in [-0.1, -0.05) is 146 Å². The van der Waals surface area contributed by atoms with Crippen molar-refractivity contribution in [3.8, 4) is 55.6 Å². The van der Waals surface area contributed by atoms with Crippen LogP contribution in [0.2, 0.25) is 0 Å². The van der Waals surface area contributed by atoms with Gasteiger partial charge in [0.1, 0.15) is 0 Å².